The molecule has 1 aromatic rings. The average molecular weight is 562 g/mol. The molecular formula is C19H17ClF9NO6. The van der Waals surface area contributed by atoms with E-state index >= 15 is 0 Å². The molecule has 0 spiro atoms. The van der Waals surface area contributed by atoms with Gasteiger partial charge in [0.05, 0.1) is 11.6 Å². The van der Waals surface area contributed by atoms with E-state index in [1.165, 1.54) is 13.8 Å². The second-order valence-electron chi connectivity index (χ2n) is 6.54. The van der Waals surface area contributed by atoms with Gasteiger partial charge in [-0.15, -0.1) is 0 Å². The van der Waals surface area contributed by atoms with Crippen LogP contribution in [0, 0.1) is 0 Å². The van der Waals surface area contributed by atoms with Gasteiger partial charge in [-0.1, -0.05) is 12.1 Å². The molecule has 1 unspecified atom stereocenters. The Bertz CT molecular complexity index is 914. The van der Waals surface area contributed by atoms with Crippen molar-refractivity contribution < 1.29 is 68.2 Å². The topological polar surface area (TPSA) is 90.0 Å². The van der Waals surface area contributed by atoms with Gasteiger partial charge >= 0.3 is 41.6 Å². The second kappa shape index (κ2) is 13.3. The van der Waals surface area contributed by atoms with Crippen molar-refractivity contribution in [2.75, 3.05) is 19.8 Å². The number of halogens is 10. The average Bonchev–Trinajstić information content (AvgIpc) is 2.74. The van der Waals surface area contributed by atoms with E-state index in [-0.39, 0.29) is 12.1 Å². The zero-order chi connectivity index (χ0) is 28.5. The lowest BCUT2D eigenvalue weighted by atomic mass is 10.0. The predicted octanol–water partition coefficient (Wildman–Crippen LogP) is 4.58. The maximum atomic E-state index is 12.5. The zero-order valence-corrected chi connectivity index (χ0v) is 18.9. The summed E-state index contributed by atoms with van der Waals surface area (Å²) >= 11 is 4.48. The molecule has 36 heavy (non-hydrogen) atoms. The number of rotatable bonds is 6. The Morgan fingerprint density at radius 1 is 0.833 bits per heavy atom. The summed E-state index contributed by atoms with van der Waals surface area (Å²) in [6, 6.07) is 3.05. The van der Waals surface area contributed by atoms with Crippen LogP contribution in [-0.2, 0) is 34.8 Å². The standard InChI is InChI=1S/C15H15F6NO3.C4H2ClF3O3/c1-3-22(12(23)13(24)25-8-14(16,17)18)9(2)10-4-6-11(7-5-10)15(19,20)21;5-2(9)3(10)11-1-4(6,7)8/h4-7,9H,3,8H2,1-2H3;1H2. The smallest absolute Gasteiger partial charge is 0.422 e. The lowest BCUT2D eigenvalue weighted by Gasteiger charge is -2.27. The van der Waals surface area contributed by atoms with Crippen LogP contribution in [-0.4, -0.2) is 60.1 Å². The van der Waals surface area contributed by atoms with Crippen LogP contribution in [0.25, 0.3) is 0 Å². The minimum Gasteiger partial charge on any atom is -0.449 e. The molecule has 0 aliphatic heterocycles. The molecule has 17 heteroatoms. The van der Waals surface area contributed by atoms with Crippen molar-refractivity contribution in [3.05, 3.63) is 35.4 Å². The molecule has 1 rings (SSSR count). The number of likely N-dealkylation sites (N-methyl/N-ethyl adjacent to an activating group) is 1. The quantitative estimate of drug-likeness (QED) is 0.219. The number of alkyl halides is 9. The Labute approximate surface area is 202 Å². The third-order valence-electron chi connectivity index (χ3n) is 3.86. The van der Waals surface area contributed by atoms with E-state index in [9.17, 15) is 58.7 Å². The molecule has 0 radical (unpaired) electrons. The number of hydrogen-bond acceptors (Lipinski definition) is 6. The third-order valence-corrected chi connectivity index (χ3v) is 4.01. The van der Waals surface area contributed by atoms with Crippen LogP contribution in [0.4, 0.5) is 39.5 Å². The molecular weight excluding hydrogens is 545 g/mol. The van der Waals surface area contributed by atoms with E-state index in [1.54, 1.807) is 0 Å². The Morgan fingerprint density at radius 3 is 1.58 bits per heavy atom. The van der Waals surface area contributed by atoms with Crippen LogP contribution in [0.2, 0.25) is 0 Å². The highest BCUT2D eigenvalue weighted by Gasteiger charge is 2.34. The van der Waals surface area contributed by atoms with E-state index in [0.717, 1.165) is 29.2 Å². The number of benzene rings is 1. The molecule has 0 bridgehead atoms. The molecule has 0 saturated heterocycles. The highest BCUT2D eigenvalue weighted by molar-refractivity contribution is 6.80. The summed E-state index contributed by atoms with van der Waals surface area (Å²) in [6.45, 7) is -0.854. The summed E-state index contributed by atoms with van der Waals surface area (Å²) in [6.07, 6.45) is -13.9. The fourth-order valence-corrected chi connectivity index (χ4v) is 2.31. The van der Waals surface area contributed by atoms with Gasteiger partial charge in [0.2, 0.25) is 0 Å². The van der Waals surface area contributed by atoms with Crippen molar-refractivity contribution in [2.45, 2.75) is 38.4 Å². The highest BCUT2D eigenvalue weighted by atomic mass is 35.5. The largest absolute Gasteiger partial charge is 0.449 e. The van der Waals surface area contributed by atoms with Gasteiger partial charge in [-0.05, 0) is 43.1 Å². The molecule has 1 atom stereocenters. The summed E-state index contributed by atoms with van der Waals surface area (Å²) in [7, 11) is 0. The van der Waals surface area contributed by atoms with E-state index in [0.29, 0.717) is 0 Å². The fraction of sp³-hybridized carbons (Fsp3) is 0.474. The Kier molecular flexibility index (Phi) is 12.2. The van der Waals surface area contributed by atoms with Gasteiger partial charge in [-0.2, -0.15) is 39.5 Å². The number of ether oxygens (including phenoxy) is 2. The maximum Gasteiger partial charge on any atom is 0.422 e. The van der Waals surface area contributed by atoms with Crippen molar-refractivity contribution in [3.8, 4) is 0 Å². The zero-order valence-electron chi connectivity index (χ0n) is 18.2. The molecule has 0 fully saturated rings. The molecule has 0 N–H and O–H groups in total. The van der Waals surface area contributed by atoms with Gasteiger partial charge < -0.3 is 14.4 Å². The Balaban J connectivity index is 0.000000935. The summed E-state index contributed by atoms with van der Waals surface area (Å²) in [5.41, 5.74) is -0.603. The van der Waals surface area contributed by atoms with Gasteiger partial charge in [0.25, 0.3) is 0 Å². The monoisotopic (exact) mass is 561 g/mol. The highest BCUT2D eigenvalue weighted by Crippen LogP contribution is 2.31. The van der Waals surface area contributed by atoms with Crippen LogP contribution in [0.3, 0.4) is 0 Å². The van der Waals surface area contributed by atoms with Crippen molar-refractivity contribution in [1.82, 2.24) is 4.90 Å². The summed E-state index contributed by atoms with van der Waals surface area (Å²) in [4.78, 5) is 44.1. The molecule has 0 saturated carbocycles. The van der Waals surface area contributed by atoms with Crippen LogP contribution in [0.15, 0.2) is 24.3 Å². The lowest BCUT2D eigenvalue weighted by Crippen LogP contribution is -2.40. The minimum absolute atomic E-state index is 0.0534. The number of esters is 2. The first-order chi connectivity index (χ1) is 16.2. The first-order valence-electron chi connectivity index (χ1n) is 9.34. The molecule has 7 nitrogen and oxygen atoms in total. The third kappa shape index (κ3) is 12.6. The first kappa shape index (κ1) is 33.0. The molecule has 204 valence electrons. The Hall–Kier alpha value is -3.04. The maximum absolute atomic E-state index is 12.5. The normalized spacial score (nSPS) is 12.6. The van der Waals surface area contributed by atoms with Crippen molar-refractivity contribution >= 4 is 34.7 Å². The van der Waals surface area contributed by atoms with Crippen LogP contribution >= 0.6 is 11.6 Å². The first-order valence-corrected chi connectivity index (χ1v) is 9.72. The fourth-order valence-electron chi connectivity index (χ4n) is 2.25. The van der Waals surface area contributed by atoms with Gasteiger partial charge in [0, 0.05) is 6.54 Å². The van der Waals surface area contributed by atoms with Gasteiger partial charge in [-0.3, -0.25) is 9.59 Å². The minimum atomic E-state index is -4.77. The lowest BCUT2D eigenvalue weighted by molar-refractivity contribution is -0.189. The van der Waals surface area contributed by atoms with E-state index < -0.39 is 66.4 Å². The summed E-state index contributed by atoms with van der Waals surface area (Å²) < 4.78 is 115. The molecule has 0 aromatic heterocycles. The van der Waals surface area contributed by atoms with Crippen LogP contribution in [0.1, 0.15) is 31.0 Å². The van der Waals surface area contributed by atoms with E-state index in [4.69, 9.17) is 0 Å². The van der Waals surface area contributed by atoms with Crippen molar-refractivity contribution in [3.63, 3.8) is 0 Å². The predicted molar refractivity (Wildman–Crippen MR) is 102 cm³/mol. The summed E-state index contributed by atoms with van der Waals surface area (Å²) in [5.74, 6) is -4.69. The van der Waals surface area contributed by atoms with E-state index in [2.05, 4.69) is 21.1 Å². The number of hydrogen-bond donors (Lipinski definition) is 0. The molecule has 0 heterocycles. The number of amides is 1. The molecule has 0 aliphatic rings. The van der Waals surface area contributed by atoms with Crippen LogP contribution < -0.4 is 0 Å². The van der Waals surface area contributed by atoms with Crippen molar-refractivity contribution in [2.24, 2.45) is 0 Å². The molecule has 1 amide bonds. The number of carbonyl (C=O) groups is 4. The van der Waals surface area contributed by atoms with E-state index in [1.807, 2.05) is 0 Å². The SMILES string of the molecule is CCN(C(=O)C(=O)OCC(F)(F)F)C(C)c1ccc(C(F)(F)F)cc1.O=C(Cl)C(=O)OCC(F)(F)F. The molecule has 1 aromatic carbocycles. The Morgan fingerprint density at radius 2 is 1.25 bits per heavy atom. The molecule has 0 aliphatic carbocycles. The summed E-state index contributed by atoms with van der Waals surface area (Å²) in [5, 5.41) is -1.57. The van der Waals surface area contributed by atoms with Crippen LogP contribution in [0.5, 0.6) is 0 Å². The van der Waals surface area contributed by atoms with Gasteiger partial charge in [0.15, 0.2) is 13.2 Å². The van der Waals surface area contributed by atoms with Gasteiger partial charge in [0.1, 0.15) is 0 Å². The number of nitrogens with zero attached hydrogens (tertiary/aromatic N) is 1. The van der Waals surface area contributed by atoms with Crippen molar-refractivity contribution in [1.29, 1.82) is 0 Å². The van der Waals surface area contributed by atoms with Gasteiger partial charge in [-0.25, -0.2) is 9.59 Å². The second-order valence-corrected chi connectivity index (χ2v) is 6.89. The number of carbonyl (C=O) groups excluding carboxylic acids is 4.